The van der Waals surface area contributed by atoms with Crippen LogP contribution < -0.4 is 0 Å². The highest BCUT2D eigenvalue weighted by Gasteiger charge is 2.24. The van der Waals surface area contributed by atoms with Crippen molar-refractivity contribution < 1.29 is 0 Å². The van der Waals surface area contributed by atoms with Gasteiger partial charge in [-0.1, -0.05) is 67.8 Å². The lowest BCUT2D eigenvalue weighted by Gasteiger charge is -2.22. The topological polar surface area (TPSA) is 0 Å². The maximum atomic E-state index is 4.30. The van der Waals surface area contributed by atoms with E-state index in [0.717, 1.165) is 6.42 Å². The van der Waals surface area contributed by atoms with Crippen molar-refractivity contribution in [1.29, 1.82) is 0 Å². The number of hydrogen-bond acceptors (Lipinski definition) is 3. The molecule has 0 aliphatic carbocycles. The van der Waals surface area contributed by atoms with E-state index >= 15 is 0 Å². The summed E-state index contributed by atoms with van der Waals surface area (Å²) < 4.78 is -0.498. The first kappa shape index (κ1) is 16.5. The third-order valence-corrected chi connectivity index (χ3v) is 5.62. The molecule has 0 rings (SSSR count). The van der Waals surface area contributed by atoms with Gasteiger partial charge in [-0.05, 0) is 6.42 Å². The van der Waals surface area contributed by atoms with Crippen LogP contribution in [0.2, 0.25) is 0 Å². The molecule has 0 nitrogen and oxygen atoms in total. The first-order valence-electron chi connectivity index (χ1n) is 5.79. The van der Waals surface area contributed by atoms with Crippen LogP contribution in [-0.2, 0) is 0 Å². The number of unbranched alkanes of at least 4 members (excludes halogenated alkanes) is 6. The fourth-order valence-corrected chi connectivity index (χ4v) is 2.19. The number of hydrogen-bond donors (Lipinski definition) is 3. The largest absolute Gasteiger partial charge is 0.150 e. The molecule has 0 N–H and O–H groups in total. The normalized spacial score (nSPS) is 14.2. The molecule has 0 fully saturated rings. The van der Waals surface area contributed by atoms with Crippen molar-refractivity contribution >= 4 is 53.8 Å². The van der Waals surface area contributed by atoms with Crippen molar-refractivity contribution in [3.8, 4) is 0 Å². The summed E-state index contributed by atoms with van der Waals surface area (Å²) in [6.45, 7) is 2.25. The summed E-state index contributed by atoms with van der Waals surface area (Å²) in [6, 6.07) is 0. The molecule has 1 atom stereocenters. The average molecular weight is 331 g/mol. The highest BCUT2D eigenvalue weighted by molar-refractivity contribution is 9.09. The summed E-state index contributed by atoms with van der Waals surface area (Å²) in [5.74, 6) is 0. The highest BCUT2D eigenvalue weighted by atomic mass is 79.9. The van der Waals surface area contributed by atoms with Crippen LogP contribution in [0.25, 0.3) is 0 Å². The van der Waals surface area contributed by atoms with Gasteiger partial charge in [0.2, 0.25) is 0 Å². The molecule has 0 aliphatic rings. The molecule has 92 valence electrons. The Labute approximate surface area is 120 Å². The standard InChI is InChI=1S/C11H23BrS3/c1-2-3-4-5-6-7-8-9-10(12)11(13,14)15/h10,13-15H,2-9H2,1H3. The Bertz CT molecular complexity index is 145. The molecule has 0 heterocycles. The third kappa shape index (κ3) is 10.4. The summed E-state index contributed by atoms with van der Waals surface area (Å²) >= 11 is 16.5. The van der Waals surface area contributed by atoms with Gasteiger partial charge in [-0.25, -0.2) is 0 Å². The molecule has 0 aliphatic heterocycles. The quantitative estimate of drug-likeness (QED) is 0.216. The van der Waals surface area contributed by atoms with Crippen molar-refractivity contribution in [2.24, 2.45) is 0 Å². The van der Waals surface area contributed by atoms with Gasteiger partial charge < -0.3 is 0 Å². The summed E-state index contributed by atoms with van der Waals surface area (Å²) in [7, 11) is 0. The van der Waals surface area contributed by atoms with Crippen LogP contribution in [0, 0.1) is 0 Å². The van der Waals surface area contributed by atoms with Gasteiger partial charge in [-0.15, -0.1) is 0 Å². The van der Waals surface area contributed by atoms with Crippen LogP contribution in [0.3, 0.4) is 0 Å². The first-order valence-corrected chi connectivity index (χ1v) is 8.05. The number of thiol groups is 3. The number of halogens is 1. The Morgan fingerprint density at radius 3 is 1.87 bits per heavy atom. The monoisotopic (exact) mass is 330 g/mol. The second-order valence-corrected chi connectivity index (χ2v) is 8.34. The van der Waals surface area contributed by atoms with E-state index in [1.807, 2.05) is 0 Å². The van der Waals surface area contributed by atoms with E-state index in [4.69, 9.17) is 0 Å². The summed E-state index contributed by atoms with van der Waals surface area (Å²) in [6.07, 6.45) is 10.5. The van der Waals surface area contributed by atoms with Gasteiger partial charge in [0.15, 0.2) is 0 Å². The van der Waals surface area contributed by atoms with E-state index in [1.54, 1.807) is 0 Å². The molecular weight excluding hydrogens is 308 g/mol. The first-order chi connectivity index (χ1) is 6.98. The molecular formula is C11H23BrS3. The zero-order valence-corrected chi connectivity index (χ0v) is 13.7. The minimum atomic E-state index is -0.498. The lowest BCUT2D eigenvalue weighted by Crippen LogP contribution is -2.18. The molecule has 0 radical (unpaired) electrons. The van der Waals surface area contributed by atoms with Gasteiger partial charge in [-0.3, -0.25) is 0 Å². The smallest absolute Gasteiger partial charge is 0.111 e. The lowest BCUT2D eigenvalue weighted by molar-refractivity contribution is 0.574. The minimum Gasteiger partial charge on any atom is -0.150 e. The fraction of sp³-hybridized carbons (Fsp3) is 1.00. The molecule has 0 amide bonds. The van der Waals surface area contributed by atoms with Crippen molar-refractivity contribution in [1.82, 2.24) is 0 Å². The highest BCUT2D eigenvalue weighted by Crippen LogP contribution is 2.36. The summed E-state index contributed by atoms with van der Waals surface area (Å²) in [4.78, 5) is 0.274. The molecule has 0 saturated heterocycles. The van der Waals surface area contributed by atoms with Gasteiger partial charge in [0.25, 0.3) is 0 Å². The van der Waals surface area contributed by atoms with Crippen molar-refractivity contribution in [3.05, 3.63) is 0 Å². The van der Waals surface area contributed by atoms with Crippen LogP contribution in [0.15, 0.2) is 0 Å². The van der Waals surface area contributed by atoms with Gasteiger partial charge in [0, 0.05) is 4.83 Å². The Kier molecular flexibility index (Phi) is 10.5. The Hall–Kier alpha value is 1.53. The zero-order chi connectivity index (χ0) is 11.7. The SMILES string of the molecule is CCCCCCCCCC(Br)C(S)(S)S. The fourth-order valence-electron chi connectivity index (χ4n) is 1.47. The van der Waals surface area contributed by atoms with E-state index in [1.165, 1.54) is 44.9 Å². The van der Waals surface area contributed by atoms with Gasteiger partial charge in [-0.2, -0.15) is 37.9 Å². The van der Waals surface area contributed by atoms with Crippen molar-refractivity contribution in [2.75, 3.05) is 0 Å². The second kappa shape index (κ2) is 9.55. The van der Waals surface area contributed by atoms with Crippen LogP contribution in [-0.4, -0.2) is 8.24 Å². The predicted molar refractivity (Wildman–Crippen MR) is 85.0 cm³/mol. The number of alkyl halides is 1. The average Bonchev–Trinajstić information content (AvgIpc) is 2.14. The number of rotatable bonds is 9. The molecule has 0 aromatic carbocycles. The Balaban J connectivity index is 3.24. The Morgan fingerprint density at radius 2 is 1.40 bits per heavy atom. The van der Waals surface area contributed by atoms with E-state index in [-0.39, 0.29) is 4.83 Å². The van der Waals surface area contributed by atoms with Gasteiger partial charge in [0.05, 0.1) is 0 Å². The molecule has 0 spiro atoms. The molecule has 0 bridgehead atoms. The van der Waals surface area contributed by atoms with Gasteiger partial charge in [0.1, 0.15) is 3.41 Å². The van der Waals surface area contributed by atoms with Crippen LogP contribution in [0.4, 0.5) is 0 Å². The molecule has 0 saturated carbocycles. The zero-order valence-electron chi connectivity index (χ0n) is 9.45. The maximum Gasteiger partial charge on any atom is 0.111 e. The second-order valence-electron chi connectivity index (χ2n) is 4.06. The lowest BCUT2D eigenvalue weighted by atomic mass is 10.1. The third-order valence-electron chi connectivity index (χ3n) is 2.48. The van der Waals surface area contributed by atoms with Crippen LogP contribution >= 0.6 is 53.8 Å². The molecule has 1 unspecified atom stereocenters. The molecule has 0 aromatic heterocycles. The van der Waals surface area contributed by atoms with Crippen molar-refractivity contribution in [2.45, 2.75) is 66.5 Å². The van der Waals surface area contributed by atoms with Gasteiger partial charge >= 0.3 is 0 Å². The van der Waals surface area contributed by atoms with E-state index in [2.05, 4.69) is 60.7 Å². The summed E-state index contributed by atoms with van der Waals surface area (Å²) in [5.41, 5.74) is 0. The van der Waals surface area contributed by atoms with Crippen LogP contribution in [0.5, 0.6) is 0 Å². The van der Waals surface area contributed by atoms with E-state index in [0.29, 0.717) is 0 Å². The molecule has 4 heteroatoms. The molecule has 0 aromatic rings. The summed E-state index contributed by atoms with van der Waals surface area (Å²) in [5, 5.41) is 0. The van der Waals surface area contributed by atoms with E-state index < -0.39 is 3.41 Å². The molecule has 15 heavy (non-hydrogen) atoms. The Morgan fingerprint density at radius 1 is 0.933 bits per heavy atom. The maximum absolute atomic E-state index is 4.30. The minimum absolute atomic E-state index is 0.274. The van der Waals surface area contributed by atoms with Crippen molar-refractivity contribution in [3.63, 3.8) is 0 Å². The van der Waals surface area contributed by atoms with Crippen LogP contribution in [0.1, 0.15) is 58.3 Å². The van der Waals surface area contributed by atoms with E-state index in [9.17, 15) is 0 Å². The predicted octanol–water partition coefficient (Wildman–Crippen LogP) is 5.33.